The minimum Gasteiger partial charge on any atom is -0.489 e. The smallest absolute Gasteiger partial charge is 0.264 e. The lowest BCUT2D eigenvalue weighted by atomic mass is 9.99. The van der Waals surface area contributed by atoms with Crippen molar-refractivity contribution in [2.24, 2.45) is 0 Å². The van der Waals surface area contributed by atoms with Crippen LogP contribution >= 0.6 is 0 Å². The number of nitrogens with one attached hydrogen (secondary N) is 1. The van der Waals surface area contributed by atoms with E-state index in [0.717, 1.165) is 23.8 Å². The van der Waals surface area contributed by atoms with Crippen LogP contribution < -0.4 is 10.2 Å². The van der Waals surface area contributed by atoms with Gasteiger partial charge in [-0.1, -0.05) is 43.3 Å². The van der Waals surface area contributed by atoms with Gasteiger partial charge in [-0.15, -0.1) is 0 Å². The Hall–Kier alpha value is -2.38. The van der Waals surface area contributed by atoms with Crippen molar-refractivity contribution in [3.63, 3.8) is 0 Å². The Balaban J connectivity index is 2.01. The predicted molar refractivity (Wildman–Crippen MR) is 108 cm³/mol. The molecule has 28 heavy (non-hydrogen) atoms. The van der Waals surface area contributed by atoms with Gasteiger partial charge in [0, 0.05) is 6.26 Å². The fraction of sp³-hybridized carbons (Fsp3) is 0.381. The summed E-state index contributed by atoms with van der Waals surface area (Å²) >= 11 is 0. The lowest BCUT2D eigenvalue weighted by Crippen LogP contribution is -2.49. The fourth-order valence-corrected chi connectivity index (χ4v) is 3.78. The highest BCUT2D eigenvalue weighted by molar-refractivity contribution is 7.92. The molecule has 1 atom stereocenters. The summed E-state index contributed by atoms with van der Waals surface area (Å²) in [5, 5.41) is 8.88. The lowest BCUT2D eigenvalue weighted by Gasteiger charge is -2.25. The highest BCUT2D eigenvalue weighted by atomic mass is 32.2. The lowest BCUT2D eigenvalue weighted by molar-refractivity contribution is -0.131. The molecule has 0 spiro atoms. The van der Waals surface area contributed by atoms with E-state index < -0.39 is 20.5 Å². The summed E-state index contributed by atoms with van der Waals surface area (Å²) in [6.07, 6.45) is 2.37. The first-order valence-electron chi connectivity index (χ1n) is 9.14. The minimum atomic E-state index is -3.70. The van der Waals surface area contributed by atoms with Crippen LogP contribution in [0.15, 0.2) is 48.5 Å². The number of amides is 1. The molecule has 0 heterocycles. The second kappa shape index (κ2) is 9.21. The molecular weight excluding hydrogens is 378 g/mol. The number of hydrogen-bond acceptors (Lipinski definition) is 5. The third-order valence-electron chi connectivity index (χ3n) is 5.11. The van der Waals surface area contributed by atoms with Crippen molar-refractivity contribution in [2.75, 3.05) is 6.26 Å². The van der Waals surface area contributed by atoms with E-state index in [2.05, 4.69) is 13.0 Å². The van der Waals surface area contributed by atoms with Crippen molar-refractivity contribution in [1.82, 2.24) is 5.48 Å². The number of benzene rings is 2. The summed E-state index contributed by atoms with van der Waals surface area (Å²) in [6.45, 7) is 3.90. The van der Waals surface area contributed by atoms with Gasteiger partial charge >= 0.3 is 0 Å². The van der Waals surface area contributed by atoms with Crippen LogP contribution in [0.5, 0.6) is 5.75 Å². The molecule has 1 unspecified atom stereocenters. The molecule has 0 aliphatic rings. The highest BCUT2D eigenvalue weighted by Gasteiger charge is 2.43. The molecule has 0 fully saturated rings. The molecule has 2 aromatic carbocycles. The van der Waals surface area contributed by atoms with E-state index in [1.54, 1.807) is 0 Å². The number of hydroxylamine groups is 1. The van der Waals surface area contributed by atoms with E-state index in [4.69, 9.17) is 9.94 Å². The van der Waals surface area contributed by atoms with Gasteiger partial charge in [-0.25, -0.2) is 13.9 Å². The van der Waals surface area contributed by atoms with Crippen LogP contribution in [0.25, 0.3) is 0 Å². The molecule has 2 aromatic rings. The molecule has 0 saturated carbocycles. The van der Waals surface area contributed by atoms with Gasteiger partial charge in [0.1, 0.15) is 17.1 Å². The van der Waals surface area contributed by atoms with Crippen molar-refractivity contribution < 1.29 is 23.2 Å². The molecule has 0 radical (unpaired) electrons. The third-order valence-corrected chi connectivity index (χ3v) is 7.13. The van der Waals surface area contributed by atoms with E-state index in [-0.39, 0.29) is 6.42 Å². The summed E-state index contributed by atoms with van der Waals surface area (Å²) in [4.78, 5) is 11.9. The van der Waals surface area contributed by atoms with Crippen molar-refractivity contribution in [3.8, 4) is 5.75 Å². The average Bonchev–Trinajstić information content (AvgIpc) is 2.69. The Kier molecular flexibility index (Phi) is 7.21. The number of carbonyl (C=O) groups is 1. The van der Waals surface area contributed by atoms with Crippen LogP contribution in [-0.2, 0) is 34.1 Å². The zero-order chi connectivity index (χ0) is 20.8. The van der Waals surface area contributed by atoms with Gasteiger partial charge in [0.15, 0.2) is 9.84 Å². The van der Waals surface area contributed by atoms with Gasteiger partial charge in [0.05, 0.1) is 0 Å². The fourth-order valence-electron chi connectivity index (χ4n) is 2.93. The molecule has 1 amide bonds. The van der Waals surface area contributed by atoms with Gasteiger partial charge < -0.3 is 4.74 Å². The molecule has 2 N–H and O–H groups in total. The maximum Gasteiger partial charge on any atom is 0.264 e. The number of ether oxygens (including phenoxy) is 1. The van der Waals surface area contributed by atoms with Crippen molar-refractivity contribution in [1.29, 1.82) is 0 Å². The van der Waals surface area contributed by atoms with E-state index in [1.807, 2.05) is 42.5 Å². The zero-order valence-corrected chi connectivity index (χ0v) is 17.3. The second-order valence-electron chi connectivity index (χ2n) is 7.00. The van der Waals surface area contributed by atoms with E-state index in [0.29, 0.717) is 18.8 Å². The Morgan fingerprint density at radius 2 is 1.71 bits per heavy atom. The summed E-state index contributed by atoms with van der Waals surface area (Å²) in [7, 11) is -3.70. The molecule has 0 saturated heterocycles. The van der Waals surface area contributed by atoms with E-state index >= 15 is 0 Å². The summed E-state index contributed by atoms with van der Waals surface area (Å²) in [6, 6.07) is 15.5. The topological polar surface area (TPSA) is 92.7 Å². The molecule has 0 aromatic heterocycles. The van der Waals surface area contributed by atoms with Crippen molar-refractivity contribution in [3.05, 3.63) is 65.2 Å². The molecule has 152 valence electrons. The molecular formula is C21H27NO5S. The quantitative estimate of drug-likeness (QED) is 0.494. The first-order chi connectivity index (χ1) is 13.2. The Labute approximate surface area is 166 Å². The van der Waals surface area contributed by atoms with Crippen LogP contribution in [0.3, 0.4) is 0 Å². The maximum absolute atomic E-state index is 12.0. The van der Waals surface area contributed by atoms with E-state index in [1.165, 1.54) is 18.0 Å². The molecule has 0 aliphatic carbocycles. The highest BCUT2D eigenvalue weighted by Crippen LogP contribution is 2.24. The van der Waals surface area contributed by atoms with Crippen LogP contribution in [0, 0.1) is 0 Å². The van der Waals surface area contributed by atoms with Crippen molar-refractivity contribution >= 4 is 15.7 Å². The molecule has 0 bridgehead atoms. The number of aryl methyl sites for hydroxylation is 2. The van der Waals surface area contributed by atoms with Crippen LogP contribution in [-0.4, -0.2) is 30.5 Å². The Bertz CT molecular complexity index is 909. The summed E-state index contributed by atoms with van der Waals surface area (Å²) in [5.41, 5.74) is 4.74. The second-order valence-corrected chi connectivity index (χ2v) is 9.44. The zero-order valence-electron chi connectivity index (χ0n) is 16.4. The van der Waals surface area contributed by atoms with E-state index in [9.17, 15) is 13.2 Å². The largest absolute Gasteiger partial charge is 0.489 e. The molecule has 6 nitrogen and oxygen atoms in total. The molecule has 2 rings (SSSR count). The minimum absolute atomic E-state index is 0.0578. The van der Waals surface area contributed by atoms with Gasteiger partial charge in [-0.3, -0.25) is 10.0 Å². The number of carbonyl (C=O) groups excluding carboxylic acids is 1. The van der Waals surface area contributed by atoms with Crippen LogP contribution in [0.4, 0.5) is 0 Å². The average molecular weight is 406 g/mol. The summed E-state index contributed by atoms with van der Waals surface area (Å²) in [5.74, 6) is -0.210. The summed E-state index contributed by atoms with van der Waals surface area (Å²) < 4.78 is 28.2. The van der Waals surface area contributed by atoms with Gasteiger partial charge in [0.25, 0.3) is 5.91 Å². The van der Waals surface area contributed by atoms with Crippen molar-refractivity contribution in [2.45, 2.75) is 44.5 Å². The normalized spacial score (nSPS) is 13.6. The Morgan fingerprint density at radius 3 is 2.25 bits per heavy atom. The number of rotatable bonds is 9. The molecule has 7 heteroatoms. The number of hydrogen-bond donors (Lipinski definition) is 2. The standard InChI is InChI=1S/C21H27NO5S/c1-4-17-7-5-6-8-18(17)15-27-19-11-9-16(10-12-19)13-14-21(2,20(23)22-24)28(3,25)26/h5-12,24H,4,13-15H2,1-3H3,(H,22,23). The maximum atomic E-state index is 12.0. The monoisotopic (exact) mass is 405 g/mol. The molecule has 0 aliphatic heterocycles. The first-order valence-corrected chi connectivity index (χ1v) is 11.0. The predicted octanol–water partition coefficient (Wildman–Crippen LogP) is 3.07. The van der Waals surface area contributed by atoms with Crippen LogP contribution in [0.2, 0.25) is 0 Å². The van der Waals surface area contributed by atoms with Gasteiger partial charge in [-0.2, -0.15) is 0 Å². The number of sulfone groups is 1. The SMILES string of the molecule is CCc1ccccc1COc1ccc(CCC(C)(C(=O)NO)S(C)(=O)=O)cc1. The van der Waals surface area contributed by atoms with Gasteiger partial charge in [-0.05, 0) is 55.0 Å². The Morgan fingerprint density at radius 1 is 1.11 bits per heavy atom. The first kappa shape index (κ1) is 21.9. The van der Waals surface area contributed by atoms with Gasteiger partial charge in [0.2, 0.25) is 0 Å². The third kappa shape index (κ3) is 5.11. The van der Waals surface area contributed by atoms with Crippen LogP contribution in [0.1, 0.15) is 37.0 Å².